The van der Waals surface area contributed by atoms with Crippen LogP contribution in [0.1, 0.15) is 43.7 Å². The average molecular weight is 626 g/mol. The smallest absolute Gasteiger partial charge is 0.243 e. The molecule has 1 atom stereocenters. The van der Waals surface area contributed by atoms with Crippen LogP contribution in [0.3, 0.4) is 0 Å². The lowest BCUT2D eigenvalue weighted by Crippen LogP contribution is -2.50. The van der Waals surface area contributed by atoms with Crippen LogP contribution in [0.15, 0.2) is 72.8 Å². The molecule has 0 spiro atoms. The first-order valence-corrected chi connectivity index (χ1v) is 16.7. The second kappa shape index (κ2) is 15.6. The van der Waals surface area contributed by atoms with Crippen molar-refractivity contribution in [2.45, 2.75) is 51.6 Å². The van der Waals surface area contributed by atoms with Gasteiger partial charge >= 0.3 is 0 Å². The van der Waals surface area contributed by atoms with Gasteiger partial charge in [-0.05, 0) is 36.6 Å². The summed E-state index contributed by atoms with van der Waals surface area (Å²) in [5.41, 5.74) is 1.54. The van der Waals surface area contributed by atoms with Crippen molar-refractivity contribution in [1.29, 1.82) is 0 Å². The van der Waals surface area contributed by atoms with E-state index >= 15 is 0 Å². The second-order valence-corrected chi connectivity index (χ2v) is 12.6. The standard InChI is InChI=1S/C33H40FN3O6S/c1-3-4-18-35-33(39)29(22-25-11-6-5-7-12-25)36(24-26-13-8-9-14-28(26)34)32(38)15-10-19-37(44(2,40)41)27-16-17-30-31(23-27)43-21-20-42-30/h5-9,11-14,16-17,23,29H,3-4,10,15,18-22,24H2,1-2H3,(H,35,39)/t29-/m0/s1. The Hall–Kier alpha value is -4.12. The first-order valence-electron chi connectivity index (χ1n) is 14.9. The zero-order chi connectivity index (χ0) is 31.5. The Balaban J connectivity index is 1.57. The number of hydrogen-bond acceptors (Lipinski definition) is 6. The number of ether oxygens (including phenoxy) is 2. The van der Waals surface area contributed by atoms with E-state index in [-0.39, 0.29) is 49.7 Å². The molecule has 0 radical (unpaired) electrons. The summed E-state index contributed by atoms with van der Waals surface area (Å²) in [6.45, 7) is 3.16. The molecular formula is C33H40FN3O6S. The van der Waals surface area contributed by atoms with E-state index in [0.717, 1.165) is 24.7 Å². The molecule has 4 rings (SSSR count). The molecule has 44 heavy (non-hydrogen) atoms. The van der Waals surface area contributed by atoms with E-state index in [1.807, 2.05) is 37.3 Å². The van der Waals surface area contributed by atoms with Crippen molar-refractivity contribution in [3.8, 4) is 11.5 Å². The maximum absolute atomic E-state index is 14.8. The number of anilines is 1. The van der Waals surface area contributed by atoms with Gasteiger partial charge in [0.25, 0.3) is 0 Å². The number of carbonyl (C=O) groups excluding carboxylic acids is 2. The lowest BCUT2D eigenvalue weighted by molar-refractivity contribution is -0.141. The summed E-state index contributed by atoms with van der Waals surface area (Å²) >= 11 is 0. The number of carbonyl (C=O) groups is 2. The van der Waals surface area contributed by atoms with E-state index in [9.17, 15) is 22.4 Å². The number of sulfonamides is 1. The highest BCUT2D eigenvalue weighted by Gasteiger charge is 2.31. The van der Waals surface area contributed by atoms with Crippen molar-refractivity contribution in [2.24, 2.45) is 0 Å². The zero-order valence-electron chi connectivity index (χ0n) is 25.2. The first-order chi connectivity index (χ1) is 21.2. The Labute approximate surface area is 259 Å². The molecule has 1 aliphatic rings. The molecule has 0 aliphatic carbocycles. The summed E-state index contributed by atoms with van der Waals surface area (Å²) in [5.74, 6) is -0.185. The molecular weight excluding hydrogens is 585 g/mol. The summed E-state index contributed by atoms with van der Waals surface area (Å²) in [6, 6.07) is 19.6. The minimum absolute atomic E-state index is 0.0177. The molecule has 0 saturated carbocycles. The maximum Gasteiger partial charge on any atom is 0.243 e. The topological polar surface area (TPSA) is 105 Å². The number of fused-ring (bicyclic) bond motifs is 1. The van der Waals surface area contributed by atoms with Crippen LogP contribution in [0.2, 0.25) is 0 Å². The molecule has 1 aliphatic heterocycles. The number of amides is 2. The number of nitrogens with zero attached hydrogens (tertiary/aromatic N) is 2. The molecule has 236 valence electrons. The van der Waals surface area contributed by atoms with Crippen LogP contribution >= 0.6 is 0 Å². The molecule has 0 saturated heterocycles. The van der Waals surface area contributed by atoms with Crippen LogP contribution < -0.4 is 19.1 Å². The van der Waals surface area contributed by atoms with Crippen molar-refractivity contribution in [2.75, 3.05) is 36.9 Å². The van der Waals surface area contributed by atoms with Crippen LogP contribution in [0.25, 0.3) is 0 Å². The summed E-state index contributed by atoms with van der Waals surface area (Å²) in [6.07, 6.45) is 3.13. The summed E-state index contributed by atoms with van der Waals surface area (Å²) in [7, 11) is -3.70. The largest absolute Gasteiger partial charge is 0.486 e. The van der Waals surface area contributed by atoms with E-state index < -0.39 is 21.9 Å². The van der Waals surface area contributed by atoms with Gasteiger partial charge in [-0.2, -0.15) is 0 Å². The van der Waals surface area contributed by atoms with Gasteiger partial charge in [0.1, 0.15) is 25.1 Å². The zero-order valence-corrected chi connectivity index (χ0v) is 26.0. The monoisotopic (exact) mass is 625 g/mol. The average Bonchev–Trinajstić information content (AvgIpc) is 3.01. The molecule has 0 fully saturated rings. The lowest BCUT2D eigenvalue weighted by Gasteiger charge is -2.32. The van der Waals surface area contributed by atoms with E-state index in [1.165, 1.54) is 15.3 Å². The van der Waals surface area contributed by atoms with E-state index in [1.54, 1.807) is 36.4 Å². The van der Waals surface area contributed by atoms with Crippen molar-refractivity contribution < 1.29 is 31.9 Å². The molecule has 0 unspecified atom stereocenters. The number of hydrogen-bond donors (Lipinski definition) is 1. The molecule has 1 heterocycles. The summed E-state index contributed by atoms with van der Waals surface area (Å²) < 4.78 is 52.8. The fraction of sp³-hybridized carbons (Fsp3) is 0.394. The highest BCUT2D eigenvalue weighted by Crippen LogP contribution is 2.35. The Kier molecular flexibility index (Phi) is 11.6. The van der Waals surface area contributed by atoms with Gasteiger partial charge in [-0.15, -0.1) is 0 Å². The third kappa shape index (κ3) is 8.95. The minimum atomic E-state index is -3.70. The normalized spacial score (nSPS) is 13.2. The maximum atomic E-state index is 14.8. The number of halogens is 1. The van der Waals surface area contributed by atoms with Crippen LogP contribution in [-0.2, 0) is 32.6 Å². The number of rotatable bonds is 15. The Morgan fingerprint density at radius 2 is 1.66 bits per heavy atom. The van der Waals surface area contributed by atoms with Gasteiger partial charge in [0.15, 0.2) is 11.5 Å². The van der Waals surface area contributed by atoms with Gasteiger partial charge in [0.2, 0.25) is 21.8 Å². The van der Waals surface area contributed by atoms with Crippen LogP contribution in [0.4, 0.5) is 10.1 Å². The third-order valence-corrected chi connectivity index (χ3v) is 8.56. The second-order valence-electron chi connectivity index (χ2n) is 10.7. The fourth-order valence-corrected chi connectivity index (χ4v) is 6.02. The van der Waals surface area contributed by atoms with Crippen LogP contribution in [-0.4, -0.2) is 63.7 Å². The van der Waals surface area contributed by atoms with Crippen molar-refractivity contribution >= 4 is 27.5 Å². The lowest BCUT2D eigenvalue weighted by atomic mass is 10.0. The molecule has 9 nitrogen and oxygen atoms in total. The predicted molar refractivity (Wildman–Crippen MR) is 168 cm³/mol. The summed E-state index contributed by atoms with van der Waals surface area (Å²) in [5, 5.41) is 2.94. The quantitative estimate of drug-likeness (QED) is 0.246. The Bertz CT molecular complexity index is 1520. The Morgan fingerprint density at radius 3 is 2.36 bits per heavy atom. The van der Waals surface area contributed by atoms with E-state index in [2.05, 4.69) is 5.32 Å². The highest BCUT2D eigenvalue weighted by molar-refractivity contribution is 7.92. The molecule has 0 aromatic heterocycles. The number of unbranched alkanes of at least 4 members (excludes halogenated alkanes) is 1. The van der Waals surface area contributed by atoms with Gasteiger partial charge in [0, 0.05) is 44.1 Å². The highest BCUT2D eigenvalue weighted by atomic mass is 32.2. The van der Waals surface area contributed by atoms with Crippen LogP contribution in [0.5, 0.6) is 11.5 Å². The molecule has 3 aromatic rings. The molecule has 11 heteroatoms. The van der Waals surface area contributed by atoms with Gasteiger partial charge in [-0.3, -0.25) is 13.9 Å². The molecule has 2 amide bonds. The van der Waals surface area contributed by atoms with Gasteiger partial charge in [-0.1, -0.05) is 61.9 Å². The molecule has 1 N–H and O–H groups in total. The van der Waals surface area contributed by atoms with Crippen molar-refractivity contribution in [1.82, 2.24) is 10.2 Å². The van der Waals surface area contributed by atoms with Gasteiger partial charge < -0.3 is 19.7 Å². The molecule has 0 bridgehead atoms. The SMILES string of the molecule is CCCCNC(=O)[C@H](Cc1ccccc1)N(Cc1ccccc1F)C(=O)CCCN(c1ccc2c(c1)OCCO2)S(C)(=O)=O. The predicted octanol–water partition coefficient (Wildman–Crippen LogP) is 4.70. The van der Waals surface area contributed by atoms with Gasteiger partial charge in [0.05, 0.1) is 11.9 Å². The van der Waals surface area contributed by atoms with Crippen molar-refractivity contribution in [3.05, 3.63) is 89.7 Å². The minimum Gasteiger partial charge on any atom is -0.486 e. The Morgan fingerprint density at radius 1 is 0.955 bits per heavy atom. The number of benzene rings is 3. The van der Waals surface area contributed by atoms with E-state index in [4.69, 9.17) is 9.47 Å². The van der Waals surface area contributed by atoms with Gasteiger partial charge in [-0.25, -0.2) is 12.8 Å². The number of nitrogens with one attached hydrogen (secondary N) is 1. The summed E-state index contributed by atoms with van der Waals surface area (Å²) in [4.78, 5) is 28.9. The van der Waals surface area contributed by atoms with Crippen LogP contribution in [0, 0.1) is 5.82 Å². The molecule has 3 aromatic carbocycles. The van der Waals surface area contributed by atoms with Crippen molar-refractivity contribution in [3.63, 3.8) is 0 Å². The third-order valence-electron chi connectivity index (χ3n) is 7.37. The van der Waals surface area contributed by atoms with E-state index in [0.29, 0.717) is 36.9 Å². The fourth-order valence-electron chi connectivity index (χ4n) is 5.06. The first kappa shape index (κ1) is 32.8.